The van der Waals surface area contributed by atoms with Gasteiger partial charge in [-0.15, -0.1) is 0 Å². The molecule has 4 rings (SSSR count). The number of rotatable bonds is 10. The van der Waals surface area contributed by atoms with Gasteiger partial charge in [0.15, 0.2) is 11.5 Å². The van der Waals surface area contributed by atoms with Crippen molar-refractivity contribution in [2.75, 3.05) is 18.5 Å². The third-order valence-corrected chi connectivity index (χ3v) is 5.42. The molecule has 0 radical (unpaired) electrons. The molecule has 1 aliphatic rings. The number of urea groups is 1. The van der Waals surface area contributed by atoms with Gasteiger partial charge in [0, 0.05) is 5.69 Å². The van der Waals surface area contributed by atoms with Crippen LogP contribution < -0.4 is 20.1 Å². The Morgan fingerprint density at radius 2 is 1.82 bits per heavy atom. The number of carbonyl (C=O) groups excluding carboxylic acids is 3. The Labute approximate surface area is 217 Å². The molecule has 0 aliphatic carbocycles. The summed E-state index contributed by atoms with van der Waals surface area (Å²) in [6.45, 7) is 3.58. The Morgan fingerprint density at radius 3 is 2.50 bits per heavy atom. The lowest BCUT2D eigenvalue weighted by molar-refractivity contribution is -0.127. The summed E-state index contributed by atoms with van der Waals surface area (Å²) in [5, 5.41) is 14.1. The lowest BCUT2D eigenvalue weighted by Gasteiger charge is -2.12. The molecule has 1 saturated heterocycles. The minimum atomic E-state index is -1.18. The molecule has 11 heteroatoms. The molecule has 11 nitrogen and oxygen atoms in total. The van der Waals surface area contributed by atoms with Crippen molar-refractivity contribution < 1.29 is 38.2 Å². The highest BCUT2D eigenvalue weighted by Crippen LogP contribution is 2.30. The van der Waals surface area contributed by atoms with Crippen LogP contribution in [0.4, 0.5) is 10.5 Å². The third-order valence-electron chi connectivity index (χ3n) is 5.42. The number of ether oxygens (including phenoxy) is 2. The quantitative estimate of drug-likeness (QED) is 0.271. The van der Waals surface area contributed by atoms with Crippen LogP contribution in [-0.2, 0) is 16.2 Å². The molecule has 0 bridgehead atoms. The van der Waals surface area contributed by atoms with E-state index in [2.05, 4.69) is 10.6 Å². The summed E-state index contributed by atoms with van der Waals surface area (Å²) in [4.78, 5) is 49.4. The van der Waals surface area contributed by atoms with Crippen LogP contribution in [0.1, 0.15) is 34.4 Å². The summed E-state index contributed by atoms with van der Waals surface area (Å²) < 4.78 is 16.6. The number of carboxylic acids is 1. The van der Waals surface area contributed by atoms with E-state index in [0.29, 0.717) is 35.1 Å². The second kappa shape index (κ2) is 11.3. The standard InChI is InChI=1S/C27H25N3O8/c1-3-36-23-13-17(6-10-21(23)37-15-19-9-11-22(38-19)26(33)34)12-20-25(32)30(27(35)29-20)14-24(31)28-18-7-4-16(2)5-8-18/h4-13H,3,14-15H2,1-2H3,(H,28,31)(H,29,35)(H,33,34). The maximum atomic E-state index is 12.8. The number of nitrogens with zero attached hydrogens (tertiary/aromatic N) is 1. The maximum absolute atomic E-state index is 12.8. The highest BCUT2D eigenvalue weighted by Gasteiger charge is 2.35. The fraction of sp³-hybridized carbons (Fsp3) is 0.185. The van der Waals surface area contributed by atoms with Gasteiger partial charge in [-0.25, -0.2) is 14.5 Å². The summed E-state index contributed by atoms with van der Waals surface area (Å²) in [5.74, 6) is -1.45. The van der Waals surface area contributed by atoms with Gasteiger partial charge in [-0.05, 0) is 61.9 Å². The molecule has 3 aromatic rings. The van der Waals surface area contributed by atoms with Crippen molar-refractivity contribution in [3.63, 3.8) is 0 Å². The van der Waals surface area contributed by atoms with E-state index < -0.39 is 30.4 Å². The first-order chi connectivity index (χ1) is 18.2. The van der Waals surface area contributed by atoms with Gasteiger partial charge in [0.2, 0.25) is 11.7 Å². The Hall–Kier alpha value is -5.06. The zero-order valence-corrected chi connectivity index (χ0v) is 20.6. The molecule has 38 heavy (non-hydrogen) atoms. The molecule has 3 N–H and O–H groups in total. The number of anilines is 1. The Kier molecular flexibility index (Phi) is 7.76. The van der Waals surface area contributed by atoms with Crippen molar-refractivity contribution in [3.05, 3.63) is 82.9 Å². The number of hydrogen-bond donors (Lipinski definition) is 3. The highest BCUT2D eigenvalue weighted by atomic mass is 16.5. The van der Waals surface area contributed by atoms with Crippen LogP contribution in [0.5, 0.6) is 11.5 Å². The number of hydrogen-bond acceptors (Lipinski definition) is 7. The van der Waals surface area contributed by atoms with Crippen molar-refractivity contribution in [1.82, 2.24) is 10.2 Å². The Morgan fingerprint density at radius 1 is 1.05 bits per heavy atom. The normalized spacial score (nSPS) is 13.9. The van der Waals surface area contributed by atoms with Gasteiger partial charge in [-0.1, -0.05) is 23.8 Å². The van der Waals surface area contributed by atoms with E-state index >= 15 is 0 Å². The average molecular weight is 520 g/mol. The lowest BCUT2D eigenvalue weighted by atomic mass is 10.1. The van der Waals surface area contributed by atoms with E-state index in [4.69, 9.17) is 19.0 Å². The molecular weight excluding hydrogens is 494 g/mol. The third kappa shape index (κ3) is 6.19. The van der Waals surface area contributed by atoms with Crippen LogP contribution >= 0.6 is 0 Å². The summed E-state index contributed by atoms with van der Waals surface area (Å²) in [5.41, 5.74) is 2.14. The minimum Gasteiger partial charge on any atom is -0.490 e. The molecule has 0 saturated carbocycles. The number of imide groups is 1. The first-order valence-electron chi connectivity index (χ1n) is 11.7. The largest absolute Gasteiger partial charge is 0.490 e. The number of aryl methyl sites for hydroxylation is 1. The molecule has 2 heterocycles. The fourth-order valence-corrected chi connectivity index (χ4v) is 3.58. The monoisotopic (exact) mass is 519 g/mol. The van der Waals surface area contributed by atoms with Gasteiger partial charge in [0.25, 0.3) is 5.91 Å². The molecule has 2 aromatic carbocycles. The van der Waals surface area contributed by atoms with Crippen molar-refractivity contribution in [2.24, 2.45) is 0 Å². The number of nitrogens with one attached hydrogen (secondary N) is 2. The number of amides is 4. The van der Waals surface area contributed by atoms with E-state index in [1.807, 2.05) is 19.1 Å². The molecule has 0 unspecified atom stereocenters. The van der Waals surface area contributed by atoms with Crippen LogP contribution in [0, 0.1) is 6.92 Å². The number of carbonyl (C=O) groups is 4. The van der Waals surface area contributed by atoms with E-state index in [1.54, 1.807) is 37.3 Å². The molecule has 0 atom stereocenters. The molecule has 1 aliphatic heterocycles. The van der Waals surface area contributed by atoms with Crippen LogP contribution in [0.3, 0.4) is 0 Å². The van der Waals surface area contributed by atoms with E-state index in [0.717, 1.165) is 10.5 Å². The topological polar surface area (TPSA) is 147 Å². The van der Waals surface area contributed by atoms with Gasteiger partial charge >= 0.3 is 12.0 Å². The second-order valence-electron chi connectivity index (χ2n) is 8.29. The van der Waals surface area contributed by atoms with Gasteiger partial charge in [0.1, 0.15) is 24.6 Å². The Balaban J connectivity index is 1.43. The van der Waals surface area contributed by atoms with Crippen molar-refractivity contribution in [2.45, 2.75) is 20.5 Å². The van der Waals surface area contributed by atoms with E-state index in [9.17, 15) is 19.2 Å². The summed E-state index contributed by atoms with van der Waals surface area (Å²) >= 11 is 0. The summed E-state index contributed by atoms with van der Waals surface area (Å²) in [6, 6.07) is 14.2. The van der Waals surface area contributed by atoms with Crippen LogP contribution in [0.2, 0.25) is 0 Å². The molecular formula is C27H25N3O8. The first-order valence-corrected chi connectivity index (χ1v) is 11.7. The van der Waals surface area contributed by atoms with E-state index in [-0.39, 0.29) is 18.1 Å². The van der Waals surface area contributed by atoms with Crippen molar-refractivity contribution >= 4 is 35.6 Å². The minimum absolute atomic E-state index is 0.00559. The molecule has 4 amide bonds. The Bertz CT molecular complexity index is 1410. The van der Waals surface area contributed by atoms with Crippen LogP contribution in [-0.4, -0.2) is 47.0 Å². The smallest absolute Gasteiger partial charge is 0.371 e. The van der Waals surface area contributed by atoms with Crippen LogP contribution in [0.15, 0.2) is 64.7 Å². The molecule has 1 fully saturated rings. The summed E-state index contributed by atoms with van der Waals surface area (Å²) in [7, 11) is 0. The lowest BCUT2D eigenvalue weighted by Crippen LogP contribution is -2.38. The maximum Gasteiger partial charge on any atom is 0.371 e. The van der Waals surface area contributed by atoms with Gasteiger partial charge in [-0.2, -0.15) is 0 Å². The first kappa shape index (κ1) is 26.0. The molecule has 196 valence electrons. The number of aromatic carboxylic acids is 1. The predicted octanol–water partition coefficient (Wildman–Crippen LogP) is 3.80. The van der Waals surface area contributed by atoms with Gasteiger partial charge in [-0.3, -0.25) is 9.59 Å². The SMILES string of the molecule is CCOc1cc(C=C2NC(=O)N(CC(=O)Nc3ccc(C)cc3)C2=O)ccc1OCc1ccc(C(=O)O)o1. The number of carboxylic acid groups (broad SMARTS) is 1. The fourth-order valence-electron chi connectivity index (χ4n) is 3.58. The van der Waals surface area contributed by atoms with Crippen LogP contribution in [0.25, 0.3) is 6.08 Å². The van der Waals surface area contributed by atoms with E-state index in [1.165, 1.54) is 18.2 Å². The second-order valence-corrected chi connectivity index (χ2v) is 8.29. The zero-order chi connectivity index (χ0) is 27.2. The van der Waals surface area contributed by atoms with Crippen molar-refractivity contribution in [3.8, 4) is 11.5 Å². The average Bonchev–Trinajstić information content (AvgIpc) is 3.46. The zero-order valence-electron chi connectivity index (χ0n) is 20.6. The number of furan rings is 1. The molecule has 1 aromatic heterocycles. The van der Waals surface area contributed by atoms with Gasteiger partial charge in [0.05, 0.1) is 6.61 Å². The van der Waals surface area contributed by atoms with Crippen molar-refractivity contribution in [1.29, 1.82) is 0 Å². The molecule has 0 spiro atoms. The number of benzene rings is 2. The summed E-state index contributed by atoms with van der Waals surface area (Å²) in [6.07, 6.45) is 1.47. The highest BCUT2D eigenvalue weighted by molar-refractivity contribution is 6.16. The predicted molar refractivity (Wildman–Crippen MR) is 136 cm³/mol. The van der Waals surface area contributed by atoms with Gasteiger partial charge < -0.3 is 29.6 Å².